The maximum absolute atomic E-state index is 10.2. The van der Waals surface area contributed by atoms with Crippen LogP contribution in [-0.2, 0) is 11.2 Å². The summed E-state index contributed by atoms with van der Waals surface area (Å²) in [5.74, 6) is 1.36. The van der Waals surface area contributed by atoms with Gasteiger partial charge in [0.15, 0.2) is 0 Å². The zero-order valence-corrected chi connectivity index (χ0v) is 13.4. The van der Waals surface area contributed by atoms with Gasteiger partial charge in [-0.15, -0.1) is 11.8 Å². The molecule has 1 N–H and O–H groups in total. The van der Waals surface area contributed by atoms with Crippen molar-refractivity contribution in [2.75, 3.05) is 0 Å². The minimum absolute atomic E-state index is 0.0394. The number of aryl methyl sites for hydroxylation is 1. The smallest absolute Gasteiger partial charge is 0.122 e. The summed E-state index contributed by atoms with van der Waals surface area (Å²) >= 11 is 1.83. The number of aromatic hydroxyl groups is 1. The van der Waals surface area contributed by atoms with Crippen LogP contribution in [0.25, 0.3) is 0 Å². The van der Waals surface area contributed by atoms with Crippen molar-refractivity contribution in [1.29, 1.82) is 0 Å². The molecule has 0 bridgehead atoms. The summed E-state index contributed by atoms with van der Waals surface area (Å²) in [7, 11) is 0. The van der Waals surface area contributed by atoms with Crippen molar-refractivity contribution < 1.29 is 5.11 Å². The van der Waals surface area contributed by atoms with E-state index < -0.39 is 0 Å². The highest BCUT2D eigenvalue weighted by Crippen LogP contribution is 2.35. The standard InChI is InChI=1S/C18H22OS/c1-13-10-14(11-16(17(13)19)18(2,3)4)12-20-15-8-6-5-7-9-15/h5-11,19H,12H2,1-4H3. The molecule has 0 aliphatic heterocycles. The molecule has 0 spiro atoms. The van der Waals surface area contributed by atoms with Gasteiger partial charge in [0.05, 0.1) is 0 Å². The minimum Gasteiger partial charge on any atom is -0.507 e. The van der Waals surface area contributed by atoms with Crippen LogP contribution in [-0.4, -0.2) is 5.11 Å². The molecule has 0 saturated heterocycles. The van der Waals surface area contributed by atoms with Crippen molar-refractivity contribution in [2.24, 2.45) is 0 Å². The molecule has 2 aromatic rings. The monoisotopic (exact) mass is 286 g/mol. The van der Waals surface area contributed by atoms with Gasteiger partial charge in [-0.1, -0.05) is 51.1 Å². The fourth-order valence-electron chi connectivity index (χ4n) is 2.19. The Kier molecular flexibility index (Phi) is 4.44. The molecule has 0 radical (unpaired) electrons. The Balaban J connectivity index is 2.23. The Morgan fingerprint density at radius 3 is 2.30 bits per heavy atom. The summed E-state index contributed by atoms with van der Waals surface area (Å²) in [6, 6.07) is 14.6. The molecule has 0 aliphatic carbocycles. The molecule has 0 heterocycles. The first-order valence-corrected chi connectivity index (χ1v) is 7.87. The van der Waals surface area contributed by atoms with Gasteiger partial charge in [0, 0.05) is 10.6 Å². The normalized spacial score (nSPS) is 11.6. The summed E-state index contributed by atoms with van der Waals surface area (Å²) in [5, 5.41) is 10.2. The number of hydrogen-bond acceptors (Lipinski definition) is 2. The van der Waals surface area contributed by atoms with E-state index in [-0.39, 0.29) is 5.41 Å². The van der Waals surface area contributed by atoms with Gasteiger partial charge in [0.1, 0.15) is 5.75 Å². The van der Waals surface area contributed by atoms with Crippen molar-refractivity contribution in [3.05, 3.63) is 59.2 Å². The van der Waals surface area contributed by atoms with Gasteiger partial charge >= 0.3 is 0 Å². The van der Waals surface area contributed by atoms with Gasteiger partial charge in [-0.2, -0.15) is 0 Å². The fraction of sp³-hybridized carbons (Fsp3) is 0.333. The van der Waals surface area contributed by atoms with Gasteiger partial charge in [-0.25, -0.2) is 0 Å². The summed E-state index contributed by atoms with van der Waals surface area (Å²) in [6.07, 6.45) is 0. The third kappa shape index (κ3) is 3.57. The van der Waals surface area contributed by atoms with Crippen LogP contribution in [0.15, 0.2) is 47.4 Å². The van der Waals surface area contributed by atoms with Crippen molar-refractivity contribution in [1.82, 2.24) is 0 Å². The SMILES string of the molecule is Cc1cc(CSc2ccccc2)cc(C(C)(C)C)c1O. The lowest BCUT2D eigenvalue weighted by Crippen LogP contribution is -2.12. The van der Waals surface area contributed by atoms with E-state index in [4.69, 9.17) is 0 Å². The molecular weight excluding hydrogens is 264 g/mol. The van der Waals surface area contributed by atoms with Crippen molar-refractivity contribution in [3.8, 4) is 5.75 Å². The second kappa shape index (κ2) is 5.92. The molecule has 0 unspecified atom stereocenters. The van der Waals surface area contributed by atoms with Crippen molar-refractivity contribution >= 4 is 11.8 Å². The maximum atomic E-state index is 10.2. The van der Waals surface area contributed by atoms with Gasteiger partial charge < -0.3 is 5.11 Å². The Labute approximate surface area is 126 Å². The highest BCUT2D eigenvalue weighted by Gasteiger charge is 2.20. The predicted octanol–water partition coefficient (Wildman–Crippen LogP) is 5.29. The number of thioether (sulfide) groups is 1. The topological polar surface area (TPSA) is 20.2 Å². The Hall–Kier alpha value is -1.41. The van der Waals surface area contributed by atoms with E-state index in [1.165, 1.54) is 10.5 Å². The molecule has 0 aromatic heterocycles. The number of hydrogen-bond donors (Lipinski definition) is 1. The Morgan fingerprint density at radius 1 is 1.05 bits per heavy atom. The molecular formula is C18H22OS. The van der Waals surface area contributed by atoms with Crippen LogP contribution < -0.4 is 0 Å². The highest BCUT2D eigenvalue weighted by molar-refractivity contribution is 7.98. The molecule has 2 aromatic carbocycles. The molecule has 20 heavy (non-hydrogen) atoms. The summed E-state index contributed by atoms with van der Waals surface area (Å²) in [4.78, 5) is 1.27. The van der Waals surface area contributed by atoms with E-state index in [0.29, 0.717) is 5.75 Å². The minimum atomic E-state index is -0.0394. The lowest BCUT2D eigenvalue weighted by Gasteiger charge is -2.22. The fourth-order valence-corrected chi connectivity index (χ4v) is 3.04. The lowest BCUT2D eigenvalue weighted by molar-refractivity contribution is 0.442. The summed E-state index contributed by atoms with van der Waals surface area (Å²) < 4.78 is 0. The van der Waals surface area contributed by atoms with Gasteiger partial charge in [-0.05, 0) is 41.2 Å². The first-order valence-electron chi connectivity index (χ1n) is 6.89. The lowest BCUT2D eigenvalue weighted by atomic mass is 9.84. The first kappa shape index (κ1) is 15.0. The number of phenolic OH excluding ortho intramolecular Hbond substituents is 1. The largest absolute Gasteiger partial charge is 0.507 e. The van der Waals surface area contributed by atoms with E-state index >= 15 is 0 Å². The maximum Gasteiger partial charge on any atom is 0.122 e. The van der Waals surface area contributed by atoms with E-state index in [1.807, 2.05) is 24.8 Å². The molecule has 0 saturated carbocycles. The number of benzene rings is 2. The molecule has 0 fully saturated rings. The molecule has 106 valence electrons. The molecule has 1 nitrogen and oxygen atoms in total. The Bertz CT molecular complexity index is 582. The molecule has 0 aliphatic rings. The van der Waals surface area contributed by atoms with Crippen LogP contribution in [0.5, 0.6) is 5.75 Å². The third-order valence-corrected chi connectivity index (χ3v) is 4.40. The average Bonchev–Trinajstić information content (AvgIpc) is 2.40. The molecule has 0 atom stereocenters. The van der Waals surface area contributed by atoms with Gasteiger partial charge in [-0.3, -0.25) is 0 Å². The summed E-state index contributed by atoms with van der Waals surface area (Å²) in [6.45, 7) is 8.38. The van der Waals surface area contributed by atoms with E-state index in [9.17, 15) is 5.11 Å². The van der Waals surface area contributed by atoms with Crippen LogP contribution in [0.3, 0.4) is 0 Å². The molecule has 2 heteroatoms. The highest BCUT2D eigenvalue weighted by atomic mass is 32.2. The second-order valence-electron chi connectivity index (χ2n) is 6.16. The van der Waals surface area contributed by atoms with E-state index in [0.717, 1.165) is 16.9 Å². The third-order valence-electron chi connectivity index (χ3n) is 3.32. The van der Waals surface area contributed by atoms with Crippen molar-refractivity contribution in [3.63, 3.8) is 0 Å². The quantitative estimate of drug-likeness (QED) is 0.774. The first-order chi connectivity index (χ1) is 9.38. The number of phenols is 1. The van der Waals surface area contributed by atoms with Crippen LogP contribution in [0, 0.1) is 6.92 Å². The van der Waals surface area contributed by atoms with E-state index in [2.05, 4.69) is 57.2 Å². The molecule has 2 rings (SSSR count). The van der Waals surface area contributed by atoms with Crippen LogP contribution in [0.4, 0.5) is 0 Å². The predicted molar refractivity (Wildman–Crippen MR) is 87.5 cm³/mol. The van der Waals surface area contributed by atoms with Crippen LogP contribution in [0.1, 0.15) is 37.5 Å². The Morgan fingerprint density at radius 2 is 1.70 bits per heavy atom. The zero-order valence-electron chi connectivity index (χ0n) is 12.6. The second-order valence-corrected chi connectivity index (χ2v) is 7.21. The van der Waals surface area contributed by atoms with Gasteiger partial charge in [0.2, 0.25) is 0 Å². The van der Waals surface area contributed by atoms with Crippen LogP contribution >= 0.6 is 11.8 Å². The van der Waals surface area contributed by atoms with Gasteiger partial charge in [0.25, 0.3) is 0 Å². The van der Waals surface area contributed by atoms with Crippen molar-refractivity contribution in [2.45, 2.75) is 43.8 Å². The number of rotatable bonds is 3. The van der Waals surface area contributed by atoms with Crippen LogP contribution in [0.2, 0.25) is 0 Å². The summed E-state index contributed by atoms with van der Waals surface area (Å²) in [5.41, 5.74) is 3.21. The zero-order chi connectivity index (χ0) is 14.8. The van der Waals surface area contributed by atoms with E-state index in [1.54, 1.807) is 0 Å². The average molecular weight is 286 g/mol. The molecule has 0 amide bonds.